The van der Waals surface area contributed by atoms with E-state index in [1.807, 2.05) is 77.4 Å². The van der Waals surface area contributed by atoms with E-state index < -0.39 is 12.4 Å². The van der Waals surface area contributed by atoms with E-state index in [-0.39, 0.29) is 37.2 Å². The largest absolute Gasteiger partial charge is 0.445 e. The third-order valence-electron chi connectivity index (χ3n) is 8.64. The summed E-state index contributed by atoms with van der Waals surface area (Å²) in [5.41, 5.74) is 5.51. The average molecular weight is 613 g/mol. The van der Waals surface area contributed by atoms with Crippen molar-refractivity contribution in [3.05, 3.63) is 118 Å². The molecule has 10 heteroatoms. The molecule has 3 atom stereocenters. The van der Waals surface area contributed by atoms with Gasteiger partial charge in [0.15, 0.2) is 6.29 Å². The number of likely N-dealkylation sites (tertiary alicyclic amines) is 1. The lowest BCUT2D eigenvalue weighted by atomic mass is 9.98. The molecule has 10 nitrogen and oxygen atoms in total. The van der Waals surface area contributed by atoms with Crippen LogP contribution < -0.4 is 11.0 Å². The van der Waals surface area contributed by atoms with Crippen molar-refractivity contribution in [2.75, 3.05) is 26.2 Å². The zero-order chi connectivity index (χ0) is 31.2. The molecule has 2 aliphatic rings. The van der Waals surface area contributed by atoms with Gasteiger partial charge in [0.05, 0.1) is 29.8 Å². The van der Waals surface area contributed by atoms with Crippen molar-refractivity contribution in [3.63, 3.8) is 0 Å². The first-order chi connectivity index (χ1) is 22.0. The zero-order valence-corrected chi connectivity index (χ0v) is 25.3. The maximum absolute atomic E-state index is 12.8. The van der Waals surface area contributed by atoms with E-state index in [4.69, 9.17) is 14.2 Å². The number of carbonyl (C=O) groups excluding carboxylic acids is 1. The molecule has 1 aromatic heterocycles. The normalized spacial score (nSPS) is 21.0. The quantitative estimate of drug-likeness (QED) is 0.213. The lowest BCUT2D eigenvalue weighted by molar-refractivity contribution is -0.253. The molecule has 0 spiro atoms. The Morgan fingerprint density at radius 3 is 2.44 bits per heavy atom. The Hall–Kier alpha value is -4.22. The maximum atomic E-state index is 12.8. The molecule has 0 bridgehead atoms. The minimum Gasteiger partial charge on any atom is -0.445 e. The molecule has 236 valence electrons. The molecule has 0 radical (unpaired) electrons. The second kappa shape index (κ2) is 14.3. The minimum atomic E-state index is -0.562. The smallest absolute Gasteiger partial charge is 0.407 e. The SMILES string of the molecule is C=CCOC(=O)NCc1ccc(C2OC(CN3CCC(n4c(=O)[nH]c5ccccc54)CC3)CC(c3ccc(CO)cc3)O2)cc1. The number of nitrogens with zero attached hydrogens (tertiary/aromatic N) is 2. The number of alkyl carbamates (subject to hydrolysis) is 1. The van der Waals surface area contributed by atoms with Crippen LogP contribution in [0.25, 0.3) is 11.0 Å². The van der Waals surface area contributed by atoms with E-state index in [2.05, 4.69) is 21.8 Å². The maximum Gasteiger partial charge on any atom is 0.407 e. The highest BCUT2D eigenvalue weighted by Gasteiger charge is 2.34. The number of ether oxygens (including phenoxy) is 3. The van der Waals surface area contributed by atoms with Gasteiger partial charge in [-0.2, -0.15) is 0 Å². The number of rotatable bonds is 10. The lowest BCUT2D eigenvalue weighted by Gasteiger charge is -2.40. The number of piperidine rings is 1. The van der Waals surface area contributed by atoms with E-state index in [1.54, 1.807) is 0 Å². The van der Waals surface area contributed by atoms with Crippen molar-refractivity contribution in [1.29, 1.82) is 0 Å². The summed E-state index contributed by atoms with van der Waals surface area (Å²) in [7, 11) is 0. The van der Waals surface area contributed by atoms with Crippen LogP contribution in [0.3, 0.4) is 0 Å². The molecule has 3 heterocycles. The van der Waals surface area contributed by atoms with E-state index in [1.165, 1.54) is 6.08 Å². The second-order valence-corrected chi connectivity index (χ2v) is 11.7. The summed E-state index contributed by atoms with van der Waals surface area (Å²) in [5, 5.41) is 12.2. The van der Waals surface area contributed by atoms with Gasteiger partial charge in [-0.3, -0.25) is 4.57 Å². The van der Waals surface area contributed by atoms with Gasteiger partial charge in [-0.05, 0) is 41.7 Å². The summed E-state index contributed by atoms with van der Waals surface area (Å²) >= 11 is 0. The predicted molar refractivity (Wildman–Crippen MR) is 171 cm³/mol. The Balaban J connectivity index is 1.12. The van der Waals surface area contributed by atoms with Gasteiger partial charge in [0.2, 0.25) is 0 Å². The second-order valence-electron chi connectivity index (χ2n) is 11.7. The molecule has 0 aliphatic carbocycles. The molecule has 3 unspecified atom stereocenters. The first-order valence-electron chi connectivity index (χ1n) is 15.5. The van der Waals surface area contributed by atoms with Crippen LogP contribution in [0, 0.1) is 0 Å². The number of aromatic amines is 1. The predicted octanol–water partition coefficient (Wildman–Crippen LogP) is 5.12. The van der Waals surface area contributed by atoms with Crippen molar-refractivity contribution in [2.24, 2.45) is 0 Å². The van der Waals surface area contributed by atoms with E-state index in [0.29, 0.717) is 13.0 Å². The number of H-pyrrole nitrogens is 1. The van der Waals surface area contributed by atoms with Gasteiger partial charge in [0, 0.05) is 44.2 Å². The third kappa shape index (κ3) is 7.37. The van der Waals surface area contributed by atoms with Crippen molar-refractivity contribution < 1.29 is 24.1 Å². The molecule has 3 N–H and O–H groups in total. The highest BCUT2D eigenvalue weighted by Crippen LogP contribution is 2.38. The number of aliphatic hydroxyl groups excluding tert-OH is 1. The summed E-state index contributed by atoms with van der Waals surface area (Å²) in [6.07, 6.45) is 2.70. The average Bonchev–Trinajstić information content (AvgIpc) is 3.42. The standard InChI is InChI=1S/C35H40N4O6/c1-2-19-43-35(42)36-21-24-7-13-27(14-8-24)33-44-29(20-32(45-33)26-11-9-25(23-40)10-12-26)22-38-17-15-28(16-18-38)39-31-6-4-3-5-30(31)37-34(39)41/h2-14,28-29,32-33,40H,1,15-23H2,(H,36,42)(H,37,41). The molecule has 3 aromatic carbocycles. The molecule has 2 fully saturated rings. The summed E-state index contributed by atoms with van der Waals surface area (Å²) < 4.78 is 20.0. The fourth-order valence-corrected chi connectivity index (χ4v) is 6.27. The van der Waals surface area contributed by atoms with Gasteiger partial charge in [-0.1, -0.05) is 73.3 Å². The molecule has 4 aromatic rings. The Labute approximate surface area is 262 Å². The van der Waals surface area contributed by atoms with Crippen LogP contribution in [-0.2, 0) is 27.4 Å². The van der Waals surface area contributed by atoms with Gasteiger partial charge in [0.25, 0.3) is 0 Å². The summed E-state index contributed by atoms with van der Waals surface area (Å²) in [6.45, 7) is 6.54. The number of nitrogens with one attached hydrogen (secondary N) is 2. The summed E-state index contributed by atoms with van der Waals surface area (Å²) in [6, 6.07) is 23.7. The molecule has 2 saturated heterocycles. The Morgan fingerprint density at radius 1 is 1.00 bits per heavy atom. The number of aromatic nitrogens is 2. The van der Waals surface area contributed by atoms with Crippen LogP contribution in [0.15, 0.2) is 90.2 Å². The molecule has 6 rings (SSSR count). The highest BCUT2D eigenvalue weighted by molar-refractivity contribution is 5.75. The van der Waals surface area contributed by atoms with Gasteiger partial charge < -0.3 is 34.5 Å². The van der Waals surface area contributed by atoms with Crippen LogP contribution >= 0.6 is 0 Å². The molecular weight excluding hydrogens is 572 g/mol. The monoisotopic (exact) mass is 612 g/mol. The van der Waals surface area contributed by atoms with Crippen molar-refractivity contribution in [1.82, 2.24) is 19.8 Å². The van der Waals surface area contributed by atoms with Crippen LogP contribution in [0.1, 0.15) is 60.0 Å². The van der Waals surface area contributed by atoms with Gasteiger partial charge in [-0.15, -0.1) is 0 Å². The molecular formula is C35H40N4O6. The lowest BCUT2D eigenvalue weighted by Crippen LogP contribution is -2.43. The molecule has 1 amide bonds. The Bertz CT molecular complexity index is 1640. The minimum absolute atomic E-state index is 0.00598. The number of benzene rings is 3. The van der Waals surface area contributed by atoms with Crippen LogP contribution in [0.2, 0.25) is 0 Å². The first-order valence-corrected chi connectivity index (χ1v) is 15.5. The third-order valence-corrected chi connectivity index (χ3v) is 8.64. The number of imidazole rings is 1. The van der Waals surface area contributed by atoms with Crippen molar-refractivity contribution in [2.45, 2.75) is 57.0 Å². The number of fused-ring (bicyclic) bond motifs is 1. The number of hydrogen-bond acceptors (Lipinski definition) is 7. The van der Waals surface area contributed by atoms with Gasteiger partial charge in [0.1, 0.15) is 6.61 Å². The highest BCUT2D eigenvalue weighted by atomic mass is 16.7. The van der Waals surface area contributed by atoms with Crippen molar-refractivity contribution >= 4 is 17.1 Å². The fourth-order valence-electron chi connectivity index (χ4n) is 6.27. The van der Waals surface area contributed by atoms with Crippen molar-refractivity contribution in [3.8, 4) is 0 Å². The van der Waals surface area contributed by atoms with Crippen LogP contribution in [0.5, 0.6) is 0 Å². The zero-order valence-electron chi connectivity index (χ0n) is 25.3. The molecule has 0 saturated carbocycles. The number of para-hydroxylation sites is 2. The fraction of sp³-hybridized carbons (Fsp3) is 0.371. The number of amides is 1. The Morgan fingerprint density at radius 2 is 1.71 bits per heavy atom. The summed E-state index contributed by atoms with van der Waals surface area (Å²) in [4.78, 5) is 30.0. The van der Waals surface area contributed by atoms with E-state index in [9.17, 15) is 14.7 Å². The van der Waals surface area contributed by atoms with Crippen LogP contribution in [-0.4, -0.2) is 58.0 Å². The van der Waals surface area contributed by atoms with Crippen LogP contribution in [0.4, 0.5) is 4.79 Å². The van der Waals surface area contributed by atoms with E-state index >= 15 is 0 Å². The van der Waals surface area contributed by atoms with Gasteiger partial charge >= 0.3 is 11.8 Å². The number of carbonyl (C=O) groups is 1. The Kier molecular flexibility index (Phi) is 9.75. The topological polar surface area (TPSA) is 118 Å². The number of aliphatic hydroxyl groups is 1. The van der Waals surface area contributed by atoms with Gasteiger partial charge in [-0.25, -0.2) is 9.59 Å². The summed E-state index contributed by atoms with van der Waals surface area (Å²) in [5.74, 6) is 0. The molecule has 2 aliphatic heterocycles. The number of hydrogen-bond donors (Lipinski definition) is 3. The van der Waals surface area contributed by atoms with E-state index in [0.717, 1.165) is 65.8 Å². The molecule has 45 heavy (non-hydrogen) atoms. The first kappa shape index (κ1) is 30.8.